The van der Waals surface area contributed by atoms with Crippen LogP contribution in [0, 0.1) is 6.92 Å². The number of para-hydroxylation sites is 1. The molecule has 1 unspecified atom stereocenters. The Hall–Kier alpha value is -1.55. The van der Waals surface area contributed by atoms with E-state index in [1.807, 2.05) is 16.7 Å². The molecule has 4 heteroatoms. The van der Waals surface area contributed by atoms with Gasteiger partial charge in [-0.1, -0.05) is 12.1 Å². The van der Waals surface area contributed by atoms with E-state index < -0.39 is 0 Å². The number of aromatic amines is 1. The molecule has 2 aromatic rings. The van der Waals surface area contributed by atoms with E-state index in [2.05, 4.69) is 23.3 Å². The number of nitrogens with zero attached hydrogens (tertiary/aromatic N) is 1. The van der Waals surface area contributed by atoms with Crippen LogP contribution in [0.3, 0.4) is 0 Å². The Labute approximate surface area is 99.6 Å². The molecular formula is C13H17N3O. The predicted molar refractivity (Wildman–Crippen MR) is 68.4 cm³/mol. The predicted octanol–water partition coefficient (Wildman–Crippen LogP) is 1.56. The minimum atomic E-state index is 0.0167. The van der Waals surface area contributed by atoms with Crippen LogP contribution in [0.1, 0.15) is 24.4 Å². The molecule has 90 valence electrons. The normalized spacial score (nSPS) is 20.9. The molecule has 0 bridgehead atoms. The number of fused-ring (bicyclic) bond motifs is 1. The molecule has 4 nitrogen and oxygen atoms in total. The number of hydrogen-bond acceptors (Lipinski definition) is 2. The highest BCUT2D eigenvalue weighted by Crippen LogP contribution is 2.22. The summed E-state index contributed by atoms with van der Waals surface area (Å²) in [7, 11) is 0. The van der Waals surface area contributed by atoms with E-state index in [1.54, 1.807) is 0 Å². The van der Waals surface area contributed by atoms with Gasteiger partial charge < -0.3 is 10.3 Å². The van der Waals surface area contributed by atoms with Gasteiger partial charge in [0.2, 0.25) is 0 Å². The standard InChI is InChI=1S/C13H17N3O/c1-9-4-2-6-11-12(9)16(13(17)15-11)10-5-3-7-14-8-10/h2,4,6,10,14H,3,5,7-8H2,1H3,(H,15,17). The Morgan fingerprint density at radius 3 is 3.06 bits per heavy atom. The Balaban J connectivity index is 2.20. The van der Waals surface area contributed by atoms with Gasteiger partial charge in [-0.25, -0.2) is 4.79 Å². The van der Waals surface area contributed by atoms with Gasteiger partial charge in [0.25, 0.3) is 0 Å². The van der Waals surface area contributed by atoms with E-state index in [-0.39, 0.29) is 11.7 Å². The van der Waals surface area contributed by atoms with Crippen LogP contribution in [0.4, 0.5) is 0 Å². The van der Waals surface area contributed by atoms with E-state index in [1.165, 1.54) is 0 Å². The Bertz CT molecular complexity index is 590. The third-order valence-corrected chi connectivity index (χ3v) is 3.58. The van der Waals surface area contributed by atoms with E-state index in [4.69, 9.17) is 0 Å². The summed E-state index contributed by atoms with van der Waals surface area (Å²) in [6, 6.07) is 6.29. The maximum Gasteiger partial charge on any atom is 0.326 e. The van der Waals surface area contributed by atoms with Crippen LogP contribution in [0.5, 0.6) is 0 Å². The van der Waals surface area contributed by atoms with E-state index >= 15 is 0 Å². The quantitative estimate of drug-likeness (QED) is 0.782. The molecule has 3 rings (SSSR count). The highest BCUT2D eigenvalue weighted by atomic mass is 16.1. The van der Waals surface area contributed by atoms with Gasteiger partial charge in [-0.3, -0.25) is 4.57 Å². The number of aryl methyl sites for hydroxylation is 1. The summed E-state index contributed by atoms with van der Waals surface area (Å²) in [6.07, 6.45) is 2.21. The minimum Gasteiger partial charge on any atom is -0.315 e. The van der Waals surface area contributed by atoms with Crippen molar-refractivity contribution in [3.63, 3.8) is 0 Å². The van der Waals surface area contributed by atoms with Crippen LogP contribution in [0.25, 0.3) is 11.0 Å². The third kappa shape index (κ3) is 1.69. The molecule has 1 atom stereocenters. The lowest BCUT2D eigenvalue weighted by Gasteiger charge is -2.24. The summed E-state index contributed by atoms with van der Waals surface area (Å²) in [5.41, 5.74) is 3.18. The molecule has 17 heavy (non-hydrogen) atoms. The molecule has 1 aliphatic heterocycles. The van der Waals surface area contributed by atoms with Crippen LogP contribution < -0.4 is 11.0 Å². The Morgan fingerprint density at radius 1 is 1.41 bits per heavy atom. The van der Waals surface area contributed by atoms with Gasteiger partial charge in [0.1, 0.15) is 0 Å². The Kier molecular flexibility index (Phi) is 2.52. The summed E-state index contributed by atoms with van der Waals surface area (Å²) in [5, 5.41) is 3.36. The molecule has 0 radical (unpaired) electrons. The van der Waals surface area contributed by atoms with Crippen molar-refractivity contribution in [2.45, 2.75) is 25.8 Å². The zero-order chi connectivity index (χ0) is 11.8. The maximum absolute atomic E-state index is 12.1. The lowest BCUT2D eigenvalue weighted by atomic mass is 10.1. The molecule has 2 heterocycles. The van der Waals surface area contributed by atoms with Crippen molar-refractivity contribution < 1.29 is 0 Å². The second-order valence-electron chi connectivity index (χ2n) is 4.77. The van der Waals surface area contributed by atoms with E-state index in [0.29, 0.717) is 0 Å². The molecule has 0 aliphatic carbocycles. The number of nitrogens with one attached hydrogen (secondary N) is 2. The zero-order valence-electron chi connectivity index (χ0n) is 9.99. The van der Waals surface area contributed by atoms with Gasteiger partial charge in [0, 0.05) is 6.54 Å². The molecule has 1 aromatic carbocycles. The SMILES string of the molecule is Cc1cccc2[nH]c(=O)n(C3CCCNC3)c12. The van der Waals surface area contributed by atoms with Crippen LogP contribution >= 0.6 is 0 Å². The van der Waals surface area contributed by atoms with Crippen LogP contribution in [-0.2, 0) is 0 Å². The zero-order valence-corrected chi connectivity index (χ0v) is 9.99. The van der Waals surface area contributed by atoms with E-state index in [9.17, 15) is 4.79 Å². The average Bonchev–Trinajstić information content (AvgIpc) is 2.68. The second kappa shape index (κ2) is 4.04. The van der Waals surface area contributed by atoms with Gasteiger partial charge in [-0.05, 0) is 37.9 Å². The first-order valence-electron chi connectivity index (χ1n) is 6.18. The lowest BCUT2D eigenvalue weighted by molar-refractivity contribution is 0.371. The summed E-state index contributed by atoms with van der Waals surface area (Å²) < 4.78 is 1.93. The number of aromatic nitrogens is 2. The van der Waals surface area contributed by atoms with Crippen molar-refractivity contribution in [3.8, 4) is 0 Å². The fraction of sp³-hybridized carbons (Fsp3) is 0.462. The maximum atomic E-state index is 12.1. The summed E-state index contributed by atoms with van der Waals surface area (Å²) >= 11 is 0. The number of hydrogen-bond donors (Lipinski definition) is 2. The molecular weight excluding hydrogens is 214 g/mol. The highest BCUT2D eigenvalue weighted by molar-refractivity contribution is 5.78. The largest absolute Gasteiger partial charge is 0.326 e. The van der Waals surface area contributed by atoms with Gasteiger partial charge in [0.15, 0.2) is 0 Å². The Morgan fingerprint density at radius 2 is 2.29 bits per heavy atom. The smallest absolute Gasteiger partial charge is 0.315 e. The number of benzene rings is 1. The minimum absolute atomic E-state index is 0.0167. The van der Waals surface area contributed by atoms with Crippen molar-refractivity contribution in [2.75, 3.05) is 13.1 Å². The van der Waals surface area contributed by atoms with Gasteiger partial charge >= 0.3 is 5.69 Å². The molecule has 1 aromatic heterocycles. The van der Waals surface area contributed by atoms with Gasteiger partial charge in [-0.2, -0.15) is 0 Å². The first-order valence-corrected chi connectivity index (χ1v) is 6.18. The van der Waals surface area contributed by atoms with E-state index in [0.717, 1.165) is 42.5 Å². The number of H-pyrrole nitrogens is 1. The summed E-state index contributed by atoms with van der Waals surface area (Å²) in [6.45, 7) is 4.01. The van der Waals surface area contributed by atoms with Crippen LogP contribution in [0.2, 0.25) is 0 Å². The summed E-state index contributed by atoms with van der Waals surface area (Å²) in [4.78, 5) is 15.0. The van der Waals surface area contributed by atoms with Crippen molar-refractivity contribution in [3.05, 3.63) is 34.2 Å². The first-order chi connectivity index (χ1) is 8.27. The van der Waals surface area contributed by atoms with Crippen molar-refractivity contribution in [1.82, 2.24) is 14.9 Å². The second-order valence-corrected chi connectivity index (χ2v) is 4.77. The van der Waals surface area contributed by atoms with Crippen molar-refractivity contribution in [2.24, 2.45) is 0 Å². The van der Waals surface area contributed by atoms with Crippen LogP contribution in [-0.4, -0.2) is 22.6 Å². The van der Waals surface area contributed by atoms with Gasteiger partial charge in [-0.15, -0.1) is 0 Å². The van der Waals surface area contributed by atoms with Gasteiger partial charge in [0.05, 0.1) is 17.1 Å². The molecule has 1 fully saturated rings. The fourth-order valence-corrected chi connectivity index (χ4v) is 2.76. The molecule has 0 spiro atoms. The number of piperidine rings is 1. The first kappa shape index (κ1) is 10.6. The fourth-order valence-electron chi connectivity index (χ4n) is 2.76. The lowest BCUT2D eigenvalue weighted by Crippen LogP contribution is -2.35. The number of imidazole rings is 1. The van der Waals surface area contributed by atoms with Crippen molar-refractivity contribution >= 4 is 11.0 Å². The van der Waals surface area contributed by atoms with Crippen LogP contribution in [0.15, 0.2) is 23.0 Å². The molecule has 1 saturated heterocycles. The average molecular weight is 231 g/mol. The molecule has 2 N–H and O–H groups in total. The third-order valence-electron chi connectivity index (χ3n) is 3.58. The summed E-state index contributed by atoms with van der Waals surface area (Å²) in [5.74, 6) is 0. The number of rotatable bonds is 1. The van der Waals surface area contributed by atoms with Crippen molar-refractivity contribution in [1.29, 1.82) is 0 Å². The molecule has 0 saturated carbocycles. The topological polar surface area (TPSA) is 49.8 Å². The monoisotopic (exact) mass is 231 g/mol. The molecule has 0 amide bonds. The highest BCUT2D eigenvalue weighted by Gasteiger charge is 2.20. The molecule has 1 aliphatic rings.